The highest BCUT2D eigenvalue weighted by Gasteiger charge is 2.06. The molecular formula is C18H16ClN3O. The van der Waals surface area contributed by atoms with Gasteiger partial charge in [-0.3, -0.25) is 9.48 Å². The molecule has 0 saturated heterocycles. The molecule has 1 heterocycles. The molecule has 2 aromatic carbocycles. The van der Waals surface area contributed by atoms with Gasteiger partial charge in [0.2, 0.25) is 0 Å². The van der Waals surface area contributed by atoms with Gasteiger partial charge in [0.05, 0.1) is 6.54 Å². The predicted molar refractivity (Wildman–Crippen MR) is 90.4 cm³/mol. The highest BCUT2D eigenvalue weighted by molar-refractivity contribution is 6.31. The second-order valence-corrected chi connectivity index (χ2v) is 5.58. The zero-order valence-corrected chi connectivity index (χ0v) is 13.2. The minimum atomic E-state index is -0.115. The quantitative estimate of drug-likeness (QED) is 0.780. The molecule has 0 spiro atoms. The smallest absolute Gasteiger partial charge is 0.251 e. The highest BCUT2D eigenvalue weighted by Crippen LogP contribution is 2.14. The second-order valence-electron chi connectivity index (χ2n) is 5.17. The lowest BCUT2D eigenvalue weighted by molar-refractivity contribution is 0.0951. The molecule has 0 radical (unpaired) electrons. The van der Waals surface area contributed by atoms with Gasteiger partial charge in [-0.2, -0.15) is 5.10 Å². The maximum Gasteiger partial charge on any atom is 0.251 e. The number of nitrogens with zero attached hydrogens (tertiary/aromatic N) is 2. The van der Waals surface area contributed by atoms with E-state index in [0.29, 0.717) is 23.7 Å². The Kier molecular flexibility index (Phi) is 4.74. The van der Waals surface area contributed by atoms with Crippen molar-refractivity contribution in [3.05, 3.63) is 88.7 Å². The summed E-state index contributed by atoms with van der Waals surface area (Å²) in [6, 6.07) is 16.9. The van der Waals surface area contributed by atoms with Gasteiger partial charge in [0.25, 0.3) is 5.91 Å². The fourth-order valence-electron chi connectivity index (χ4n) is 2.26. The van der Waals surface area contributed by atoms with Crippen LogP contribution in [0.4, 0.5) is 0 Å². The van der Waals surface area contributed by atoms with Crippen LogP contribution in [0.5, 0.6) is 0 Å². The number of aromatic nitrogens is 2. The molecule has 4 nitrogen and oxygen atoms in total. The SMILES string of the molecule is O=C(NCc1ccccc1Cl)c1ccc(Cn2cccn2)cc1. The van der Waals surface area contributed by atoms with Crippen LogP contribution < -0.4 is 5.32 Å². The number of carbonyl (C=O) groups is 1. The lowest BCUT2D eigenvalue weighted by Crippen LogP contribution is -2.22. The maximum absolute atomic E-state index is 12.2. The van der Waals surface area contributed by atoms with Gasteiger partial charge in [-0.15, -0.1) is 0 Å². The van der Waals surface area contributed by atoms with Crippen molar-refractivity contribution in [2.75, 3.05) is 0 Å². The van der Waals surface area contributed by atoms with Gasteiger partial charge in [-0.1, -0.05) is 41.9 Å². The van der Waals surface area contributed by atoms with Crippen LogP contribution in [0.1, 0.15) is 21.5 Å². The Morgan fingerprint density at radius 1 is 1.09 bits per heavy atom. The molecule has 1 N–H and O–H groups in total. The Bertz CT molecular complexity index is 782. The number of hydrogen-bond acceptors (Lipinski definition) is 2. The number of amides is 1. The van der Waals surface area contributed by atoms with E-state index in [1.54, 1.807) is 6.20 Å². The Labute approximate surface area is 139 Å². The zero-order valence-electron chi connectivity index (χ0n) is 12.4. The minimum Gasteiger partial charge on any atom is -0.348 e. The van der Waals surface area contributed by atoms with Gasteiger partial charge < -0.3 is 5.32 Å². The summed E-state index contributed by atoms with van der Waals surface area (Å²) in [4.78, 5) is 12.2. The Morgan fingerprint density at radius 3 is 2.57 bits per heavy atom. The summed E-state index contributed by atoms with van der Waals surface area (Å²) in [7, 11) is 0. The minimum absolute atomic E-state index is 0.115. The predicted octanol–water partition coefficient (Wildman–Crippen LogP) is 3.51. The Morgan fingerprint density at radius 2 is 1.87 bits per heavy atom. The number of hydrogen-bond donors (Lipinski definition) is 1. The molecule has 1 aromatic heterocycles. The average molecular weight is 326 g/mol. The summed E-state index contributed by atoms with van der Waals surface area (Å²) in [5, 5.41) is 7.70. The van der Waals surface area contributed by atoms with E-state index in [-0.39, 0.29) is 5.91 Å². The molecule has 0 aliphatic rings. The van der Waals surface area contributed by atoms with Crippen LogP contribution in [0.15, 0.2) is 67.0 Å². The highest BCUT2D eigenvalue weighted by atomic mass is 35.5. The van der Waals surface area contributed by atoms with Crippen molar-refractivity contribution in [1.82, 2.24) is 15.1 Å². The van der Waals surface area contributed by atoms with E-state index in [9.17, 15) is 4.79 Å². The molecule has 3 aromatic rings. The fraction of sp³-hybridized carbons (Fsp3) is 0.111. The van der Waals surface area contributed by atoms with Crippen molar-refractivity contribution >= 4 is 17.5 Å². The standard InChI is InChI=1S/C18H16ClN3O/c19-17-5-2-1-4-16(17)12-20-18(23)15-8-6-14(7-9-15)13-22-11-3-10-21-22/h1-11H,12-13H2,(H,20,23). The van der Waals surface area contributed by atoms with E-state index >= 15 is 0 Å². The van der Waals surface area contributed by atoms with Gasteiger partial charge in [0, 0.05) is 29.5 Å². The fourth-order valence-corrected chi connectivity index (χ4v) is 2.46. The first-order valence-corrected chi connectivity index (χ1v) is 7.68. The maximum atomic E-state index is 12.2. The van der Waals surface area contributed by atoms with E-state index in [1.165, 1.54) is 0 Å². The largest absolute Gasteiger partial charge is 0.348 e. The third-order valence-corrected chi connectivity index (χ3v) is 3.89. The molecule has 1 amide bonds. The number of halogens is 1. The molecule has 3 rings (SSSR count). The van der Waals surface area contributed by atoms with Crippen molar-refractivity contribution in [3.63, 3.8) is 0 Å². The van der Waals surface area contributed by atoms with E-state index < -0.39 is 0 Å². The number of carbonyl (C=O) groups excluding carboxylic acids is 1. The van der Waals surface area contributed by atoms with E-state index in [1.807, 2.05) is 65.5 Å². The molecule has 5 heteroatoms. The monoisotopic (exact) mass is 325 g/mol. The first-order chi connectivity index (χ1) is 11.2. The van der Waals surface area contributed by atoms with Crippen molar-refractivity contribution in [3.8, 4) is 0 Å². The van der Waals surface area contributed by atoms with E-state index in [2.05, 4.69) is 10.4 Å². The number of nitrogens with one attached hydrogen (secondary N) is 1. The van der Waals surface area contributed by atoms with Crippen LogP contribution in [0, 0.1) is 0 Å². The first-order valence-electron chi connectivity index (χ1n) is 7.30. The Hall–Kier alpha value is -2.59. The van der Waals surface area contributed by atoms with Crippen molar-refractivity contribution in [1.29, 1.82) is 0 Å². The molecular weight excluding hydrogens is 310 g/mol. The molecule has 0 fully saturated rings. The first kappa shape index (κ1) is 15.3. The summed E-state index contributed by atoms with van der Waals surface area (Å²) >= 11 is 6.08. The number of rotatable bonds is 5. The summed E-state index contributed by atoms with van der Waals surface area (Å²) < 4.78 is 1.84. The van der Waals surface area contributed by atoms with Crippen LogP contribution in [0.2, 0.25) is 5.02 Å². The normalized spacial score (nSPS) is 10.5. The second kappa shape index (κ2) is 7.11. The summed E-state index contributed by atoms with van der Waals surface area (Å²) in [5.74, 6) is -0.115. The zero-order chi connectivity index (χ0) is 16.1. The molecule has 116 valence electrons. The lowest BCUT2D eigenvalue weighted by Gasteiger charge is -2.08. The van der Waals surface area contributed by atoms with E-state index in [0.717, 1.165) is 11.1 Å². The summed E-state index contributed by atoms with van der Waals surface area (Å²) in [6.45, 7) is 1.10. The van der Waals surface area contributed by atoms with E-state index in [4.69, 9.17) is 11.6 Å². The topological polar surface area (TPSA) is 46.9 Å². The lowest BCUT2D eigenvalue weighted by atomic mass is 10.1. The van der Waals surface area contributed by atoms with Crippen LogP contribution in [0.25, 0.3) is 0 Å². The third kappa shape index (κ3) is 3.99. The van der Waals surface area contributed by atoms with Gasteiger partial charge in [-0.05, 0) is 35.4 Å². The number of benzene rings is 2. The summed E-state index contributed by atoms with van der Waals surface area (Å²) in [6.07, 6.45) is 3.65. The molecule has 0 unspecified atom stereocenters. The molecule has 0 aliphatic carbocycles. The van der Waals surface area contributed by atoms with Gasteiger partial charge in [0.15, 0.2) is 0 Å². The van der Waals surface area contributed by atoms with Crippen LogP contribution in [-0.4, -0.2) is 15.7 Å². The molecule has 0 aliphatic heterocycles. The van der Waals surface area contributed by atoms with Crippen molar-refractivity contribution < 1.29 is 4.79 Å². The molecule has 0 atom stereocenters. The molecule has 0 bridgehead atoms. The van der Waals surface area contributed by atoms with Crippen LogP contribution in [0.3, 0.4) is 0 Å². The third-order valence-electron chi connectivity index (χ3n) is 3.52. The van der Waals surface area contributed by atoms with Crippen molar-refractivity contribution in [2.24, 2.45) is 0 Å². The van der Waals surface area contributed by atoms with Crippen molar-refractivity contribution in [2.45, 2.75) is 13.1 Å². The van der Waals surface area contributed by atoms with Gasteiger partial charge >= 0.3 is 0 Å². The molecule has 0 saturated carbocycles. The van der Waals surface area contributed by atoms with Gasteiger partial charge in [-0.25, -0.2) is 0 Å². The van der Waals surface area contributed by atoms with Gasteiger partial charge in [0.1, 0.15) is 0 Å². The van der Waals surface area contributed by atoms with Crippen LogP contribution in [-0.2, 0) is 13.1 Å². The average Bonchev–Trinajstić information content (AvgIpc) is 3.07. The summed E-state index contributed by atoms with van der Waals surface area (Å²) in [5.41, 5.74) is 2.62. The molecule has 23 heavy (non-hydrogen) atoms. The Balaban J connectivity index is 1.60. The van der Waals surface area contributed by atoms with Crippen LogP contribution >= 0.6 is 11.6 Å².